The van der Waals surface area contributed by atoms with E-state index in [1.54, 1.807) is 13.3 Å². The number of methoxy groups -OCH3 is 1. The molecule has 0 aliphatic carbocycles. The molecular weight excluding hydrogens is 370 g/mol. The van der Waals surface area contributed by atoms with E-state index in [2.05, 4.69) is 29.4 Å². The van der Waals surface area contributed by atoms with Crippen molar-refractivity contribution in [2.45, 2.75) is 31.3 Å². The summed E-state index contributed by atoms with van der Waals surface area (Å²) in [7, 11) is 1.64. The van der Waals surface area contributed by atoms with E-state index in [9.17, 15) is 4.79 Å². The molecule has 0 bridgehead atoms. The average molecular weight is 396 g/mol. The molecule has 6 heteroatoms. The smallest absolute Gasteiger partial charge is 0.234 e. The summed E-state index contributed by atoms with van der Waals surface area (Å²) < 4.78 is 7.23. The molecule has 0 spiro atoms. The maximum absolute atomic E-state index is 12.3. The van der Waals surface area contributed by atoms with Crippen LogP contribution in [-0.4, -0.2) is 28.3 Å². The van der Waals surface area contributed by atoms with Crippen LogP contribution in [0.2, 0.25) is 0 Å². The minimum absolute atomic E-state index is 0.0495. The van der Waals surface area contributed by atoms with Gasteiger partial charge in [0.05, 0.1) is 18.6 Å². The van der Waals surface area contributed by atoms with Gasteiger partial charge in [0.25, 0.3) is 0 Å². The highest BCUT2D eigenvalue weighted by molar-refractivity contribution is 7.99. The molecule has 1 amide bonds. The largest absolute Gasteiger partial charge is 0.497 e. The number of nitrogens with zero attached hydrogens (tertiary/aromatic N) is 2. The molecular formula is C22H25N3O2S. The Morgan fingerprint density at radius 3 is 2.79 bits per heavy atom. The summed E-state index contributed by atoms with van der Waals surface area (Å²) in [6.07, 6.45) is 7.05. The maximum Gasteiger partial charge on any atom is 0.234 e. The lowest BCUT2D eigenvalue weighted by atomic mass is 10.1. The number of nitrogens with one attached hydrogen (secondary N) is 1. The van der Waals surface area contributed by atoms with Crippen LogP contribution in [-0.2, 0) is 11.2 Å². The number of hydrogen-bond donors (Lipinski definition) is 1. The van der Waals surface area contributed by atoms with Crippen molar-refractivity contribution in [1.29, 1.82) is 0 Å². The molecule has 2 aromatic carbocycles. The van der Waals surface area contributed by atoms with E-state index in [0.717, 1.165) is 28.7 Å². The Labute approximate surface area is 170 Å². The van der Waals surface area contributed by atoms with E-state index in [1.165, 1.54) is 30.2 Å². The van der Waals surface area contributed by atoms with Crippen LogP contribution in [0.25, 0.3) is 5.69 Å². The third kappa shape index (κ3) is 5.39. The number of unbranched alkanes of at least 4 members (excludes halogenated alkanes) is 1. The van der Waals surface area contributed by atoms with Gasteiger partial charge in [0.1, 0.15) is 5.75 Å². The van der Waals surface area contributed by atoms with E-state index in [1.807, 2.05) is 47.2 Å². The quantitative estimate of drug-likeness (QED) is 0.521. The number of thioether (sulfide) groups is 1. The number of ether oxygens (including phenoxy) is 1. The van der Waals surface area contributed by atoms with Crippen LogP contribution in [0.1, 0.15) is 25.3 Å². The number of benzene rings is 2. The van der Waals surface area contributed by atoms with Crippen LogP contribution < -0.4 is 10.1 Å². The van der Waals surface area contributed by atoms with E-state index in [4.69, 9.17) is 4.74 Å². The first kappa shape index (κ1) is 20.0. The highest BCUT2D eigenvalue weighted by Crippen LogP contribution is 2.23. The van der Waals surface area contributed by atoms with Crippen molar-refractivity contribution < 1.29 is 9.53 Å². The molecule has 3 aromatic rings. The summed E-state index contributed by atoms with van der Waals surface area (Å²) in [6.45, 7) is 2.19. The molecule has 0 aliphatic heterocycles. The number of aromatic nitrogens is 2. The molecule has 0 aliphatic rings. The van der Waals surface area contributed by atoms with E-state index in [0.29, 0.717) is 5.75 Å². The van der Waals surface area contributed by atoms with Gasteiger partial charge in [-0.05, 0) is 42.7 Å². The second kappa shape index (κ2) is 9.99. The highest BCUT2D eigenvalue weighted by atomic mass is 32.2. The van der Waals surface area contributed by atoms with Gasteiger partial charge in [0, 0.05) is 24.1 Å². The number of carbonyl (C=O) groups excluding carboxylic acids is 1. The Kier molecular flexibility index (Phi) is 7.14. The van der Waals surface area contributed by atoms with Crippen LogP contribution in [0, 0.1) is 0 Å². The molecule has 0 atom stereocenters. The Morgan fingerprint density at radius 1 is 1.21 bits per heavy atom. The van der Waals surface area contributed by atoms with Gasteiger partial charge < -0.3 is 10.1 Å². The van der Waals surface area contributed by atoms with Gasteiger partial charge in [-0.15, -0.1) is 0 Å². The summed E-state index contributed by atoms with van der Waals surface area (Å²) in [4.78, 5) is 16.7. The number of rotatable bonds is 9. The van der Waals surface area contributed by atoms with E-state index in [-0.39, 0.29) is 5.91 Å². The monoisotopic (exact) mass is 395 g/mol. The number of imidazole rings is 1. The molecule has 1 N–H and O–H groups in total. The third-order valence-electron chi connectivity index (χ3n) is 4.33. The normalized spacial score (nSPS) is 10.6. The highest BCUT2D eigenvalue weighted by Gasteiger charge is 2.10. The number of hydrogen-bond acceptors (Lipinski definition) is 4. The Hall–Kier alpha value is -2.73. The van der Waals surface area contributed by atoms with Gasteiger partial charge in [-0.3, -0.25) is 9.36 Å². The molecule has 1 aromatic heterocycles. The summed E-state index contributed by atoms with van der Waals surface area (Å²) >= 11 is 1.40. The number of anilines is 1. The van der Waals surface area contributed by atoms with Crippen molar-refractivity contribution in [2.24, 2.45) is 0 Å². The van der Waals surface area contributed by atoms with Crippen molar-refractivity contribution in [3.63, 3.8) is 0 Å². The lowest BCUT2D eigenvalue weighted by Gasteiger charge is -2.09. The second-order valence-corrected chi connectivity index (χ2v) is 7.36. The molecule has 5 nitrogen and oxygen atoms in total. The number of amides is 1. The van der Waals surface area contributed by atoms with Crippen LogP contribution >= 0.6 is 11.8 Å². The molecule has 28 heavy (non-hydrogen) atoms. The van der Waals surface area contributed by atoms with Gasteiger partial charge in [0.2, 0.25) is 5.91 Å². The fourth-order valence-corrected chi connectivity index (χ4v) is 3.59. The predicted molar refractivity (Wildman–Crippen MR) is 115 cm³/mol. The molecule has 0 fully saturated rings. The van der Waals surface area contributed by atoms with Gasteiger partial charge in [0.15, 0.2) is 5.16 Å². The van der Waals surface area contributed by atoms with Crippen molar-refractivity contribution in [3.05, 3.63) is 66.5 Å². The Morgan fingerprint density at radius 2 is 2.04 bits per heavy atom. The lowest BCUT2D eigenvalue weighted by molar-refractivity contribution is -0.113. The molecule has 0 saturated heterocycles. The first-order valence-electron chi connectivity index (χ1n) is 9.39. The fraction of sp³-hybridized carbons (Fsp3) is 0.273. The summed E-state index contributed by atoms with van der Waals surface area (Å²) in [6, 6.07) is 15.8. The van der Waals surface area contributed by atoms with Gasteiger partial charge >= 0.3 is 0 Å². The minimum Gasteiger partial charge on any atom is -0.497 e. The van der Waals surface area contributed by atoms with Crippen molar-refractivity contribution in [1.82, 2.24) is 9.55 Å². The maximum atomic E-state index is 12.3. The average Bonchev–Trinajstić information content (AvgIpc) is 3.20. The Balaban J connectivity index is 1.57. The lowest BCUT2D eigenvalue weighted by Crippen LogP contribution is -2.14. The Bertz CT molecular complexity index is 906. The number of aryl methyl sites for hydroxylation is 1. The SMILES string of the molecule is CCCCc1ccc(NC(=O)CSc2nccn2-c2cccc(OC)c2)cc1. The second-order valence-electron chi connectivity index (χ2n) is 6.42. The van der Waals surface area contributed by atoms with Crippen LogP contribution in [0.15, 0.2) is 66.1 Å². The zero-order chi connectivity index (χ0) is 19.8. The minimum atomic E-state index is -0.0495. The summed E-state index contributed by atoms with van der Waals surface area (Å²) in [5.41, 5.74) is 3.07. The number of carbonyl (C=O) groups is 1. The first-order chi connectivity index (χ1) is 13.7. The topological polar surface area (TPSA) is 56.2 Å². The van der Waals surface area contributed by atoms with Crippen LogP contribution in [0.4, 0.5) is 5.69 Å². The predicted octanol–water partition coefficient (Wildman–Crippen LogP) is 4.95. The molecule has 1 heterocycles. The molecule has 146 valence electrons. The van der Waals surface area contributed by atoms with Gasteiger partial charge in [-0.1, -0.05) is 43.3 Å². The van der Waals surface area contributed by atoms with Crippen molar-refractivity contribution >= 4 is 23.4 Å². The van der Waals surface area contributed by atoms with Gasteiger partial charge in [-0.2, -0.15) is 0 Å². The van der Waals surface area contributed by atoms with Crippen molar-refractivity contribution in [2.75, 3.05) is 18.2 Å². The molecule has 0 unspecified atom stereocenters. The third-order valence-corrected chi connectivity index (χ3v) is 5.29. The standard InChI is InChI=1S/C22H25N3O2S/c1-3-4-6-17-9-11-18(12-10-17)24-21(26)16-28-22-23-13-14-25(22)19-7-5-8-20(15-19)27-2/h5,7-15H,3-4,6,16H2,1-2H3,(H,24,26). The molecule has 0 radical (unpaired) electrons. The van der Waals surface area contributed by atoms with Crippen LogP contribution in [0.5, 0.6) is 5.75 Å². The van der Waals surface area contributed by atoms with E-state index < -0.39 is 0 Å². The van der Waals surface area contributed by atoms with Gasteiger partial charge in [-0.25, -0.2) is 4.98 Å². The summed E-state index contributed by atoms with van der Waals surface area (Å²) in [5, 5.41) is 3.71. The first-order valence-corrected chi connectivity index (χ1v) is 10.4. The molecule has 0 saturated carbocycles. The van der Waals surface area contributed by atoms with E-state index >= 15 is 0 Å². The zero-order valence-electron chi connectivity index (χ0n) is 16.2. The van der Waals surface area contributed by atoms with Crippen LogP contribution in [0.3, 0.4) is 0 Å². The van der Waals surface area contributed by atoms with Crippen molar-refractivity contribution in [3.8, 4) is 11.4 Å². The molecule has 3 rings (SSSR count). The fourth-order valence-electron chi connectivity index (χ4n) is 2.82. The zero-order valence-corrected chi connectivity index (χ0v) is 17.0. The summed E-state index contributed by atoms with van der Waals surface area (Å²) in [5.74, 6) is 1.02.